The fraction of sp³-hybridized carbons (Fsp3) is 1.00. The van der Waals surface area contributed by atoms with Crippen LogP contribution in [0.3, 0.4) is 0 Å². The summed E-state index contributed by atoms with van der Waals surface area (Å²) in [6.45, 7) is 6.72. The fourth-order valence-electron chi connectivity index (χ4n) is 3.49. The van der Waals surface area contributed by atoms with Crippen molar-refractivity contribution >= 4 is 0 Å². The van der Waals surface area contributed by atoms with E-state index in [0.717, 1.165) is 31.8 Å². The molecule has 20 heavy (non-hydrogen) atoms. The minimum atomic E-state index is -4.02. The van der Waals surface area contributed by atoms with Gasteiger partial charge in [0.1, 0.15) is 0 Å². The van der Waals surface area contributed by atoms with Gasteiger partial charge in [-0.2, -0.15) is 13.2 Å². The molecular weight excluding hydrogens is 265 g/mol. The molecule has 1 unspecified atom stereocenters. The van der Waals surface area contributed by atoms with Crippen molar-refractivity contribution in [2.45, 2.75) is 70.1 Å². The van der Waals surface area contributed by atoms with Crippen molar-refractivity contribution < 1.29 is 13.2 Å². The van der Waals surface area contributed by atoms with Crippen molar-refractivity contribution in [1.29, 1.82) is 0 Å². The summed E-state index contributed by atoms with van der Waals surface area (Å²) in [5.41, 5.74) is 0.0526. The molecule has 0 amide bonds. The first-order valence-corrected chi connectivity index (χ1v) is 7.95. The molecule has 1 aliphatic heterocycles. The number of hydrogen-bond acceptors (Lipinski definition) is 2. The third-order valence-corrected chi connectivity index (χ3v) is 5.18. The van der Waals surface area contributed by atoms with E-state index < -0.39 is 12.6 Å². The quantitative estimate of drug-likeness (QED) is 0.805. The second-order valence-corrected chi connectivity index (χ2v) is 6.42. The molecule has 1 heterocycles. The minimum absolute atomic E-state index is 0.0526. The van der Waals surface area contributed by atoms with Gasteiger partial charge in [-0.05, 0) is 44.6 Å². The maximum atomic E-state index is 12.4. The van der Waals surface area contributed by atoms with Crippen molar-refractivity contribution in [1.82, 2.24) is 10.2 Å². The average Bonchev–Trinajstić information content (AvgIpc) is 3.22. The van der Waals surface area contributed by atoms with Gasteiger partial charge in [0, 0.05) is 31.1 Å². The lowest BCUT2D eigenvalue weighted by molar-refractivity contribution is -0.137. The summed E-state index contributed by atoms with van der Waals surface area (Å²) in [5.74, 6) is 0.756. The number of alkyl halides is 3. The van der Waals surface area contributed by atoms with Crippen molar-refractivity contribution in [3.8, 4) is 0 Å². The van der Waals surface area contributed by atoms with Crippen molar-refractivity contribution in [2.24, 2.45) is 5.92 Å². The molecule has 0 bridgehead atoms. The molecule has 0 aromatic carbocycles. The molecule has 2 aliphatic rings. The van der Waals surface area contributed by atoms with Gasteiger partial charge >= 0.3 is 6.18 Å². The van der Waals surface area contributed by atoms with Crippen LogP contribution in [0.15, 0.2) is 0 Å². The Bertz CT molecular complexity index is 309. The molecule has 1 aliphatic carbocycles. The van der Waals surface area contributed by atoms with E-state index in [-0.39, 0.29) is 12.0 Å². The van der Waals surface area contributed by atoms with Crippen molar-refractivity contribution in [3.05, 3.63) is 0 Å². The summed E-state index contributed by atoms with van der Waals surface area (Å²) in [5, 5.41) is 3.65. The number of halogens is 3. The molecule has 5 heteroatoms. The number of rotatable bonds is 6. The molecule has 0 spiro atoms. The molecule has 1 saturated carbocycles. The second-order valence-electron chi connectivity index (χ2n) is 6.42. The summed E-state index contributed by atoms with van der Waals surface area (Å²) in [6.07, 6.45) is 0.0978. The lowest BCUT2D eigenvalue weighted by Crippen LogP contribution is -2.64. The topological polar surface area (TPSA) is 15.3 Å². The molecule has 1 N–H and O–H groups in total. The van der Waals surface area contributed by atoms with E-state index in [1.54, 1.807) is 0 Å². The first-order chi connectivity index (χ1) is 9.40. The van der Waals surface area contributed by atoms with E-state index in [0.29, 0.717) is 12.6 Å². The number of piperazine rings is 1. The predicted octanol–water partition coefficient (Wildman–Crippen LogP) is 3.57. The summed E-state index contributed by atoms with van der Waals surface area (Å²) in [7, 11) is 0. The van der Waals surface area contributed by atoms with Crippen LogP contribution < -0.4 is 5.32 Å². The third kappa shape index (κ3) is 3.88. The zero-order valence-electron chi connectivity index (χ0n) is 12.6. The van der Waals surface area contributed by atoms with Crippen molar-refractivity contribution in [2.75, 3.05) is 19.6 Å². The van der Waals surface area contributed by atoms with Crippen LogP contribution in [0.25, 0.3) is 0 Å². The highest BCUT2D eigenvalue weighted by Gasteiger charge is 2.43. The van der Waals surface area contributed by atoms with E-state index in [4.69, 9.17) is 0 Å². The van der Waals surface area contributed by atoms with E-state index in [1.807, 2.05) is 0 Å². The van der Waals surface area contributed by atoms with Crippen LogP contribution in [-0.4, -0.2) is 42.3 Å². The van der Waals surface area contributed by atoms with E-state index >= 15 is 0 Å². The Morgan fingerprint density at radius 1 is 1.20 bits per heavy atom. The molecule has 2 fully saturated rings. The summed E-state index contributed by atoms with van der Waals surface area (Å²) < 4.78 is 37.1. The lowest BCUT2D eigenvalue weighted by atomic mass is 9.86. The Morgan fingerprint density at radius 3 is 2.35 bits per heavy atom. The van der Waals surface area contributed by atoms with Crippen LogP contribution in [-0.2, 0) is 0 Å². The van der Waals surface area contributed by atoms with Gasteiger partial charge in [0.05, 0.1) is 0 Å². The Balaban J connectivity index is 1.94. The summed E-state index contributed by atoms with van der Waals surface area (Å²) in [6, 6.07) is 0.493. The number of nitrogens with one attached hydrogen (secondary N) is 1. The average molecular weight is 292 g/mol. The SMILES string of the molecule is CCC1(CC)CNC(C2CC2)CN1CCCC(F)(F)F. The Morgan fingerprint density at radius 2 is 1.85 bits per heavy atom. The number of hydrogen-bond donors (Lipinski definition) is 1. The van der Waals surface area contributed by atoms with Gasteiger partial charge in [-0.3, -0.25) is 4.90 Å². The molecule has 0 aromatic rings. The normalized spacial score (nSPS) is 27.8. The highest BCUT2D eigenvalue weighted by atomic mass is 19.4. The molecule has 0 aromatic heterocycles. The van der Waals surface area contributed by atoms with Gasteiger partial charge in [0.2, 0.25) is 0 Å². The number of nitrogens with zero attached hydrogens (tertiary/aromatic N) is 1. The van der Waals surface area contributed by atoms with Crippen molar-refractivity contribution in [3.63, 3.8) is 0 Å². The minimum Gasteiger partial charge on any atom is -0.311 e. The van der Waals surface area contributed by atoms with E-state index in [9.17, 15) is 13.2 Å². The Labute approximate surface area is 120 Å². The van der Waals surface area contributed by atoms with Crippen LogP contribution in [0.4, 0.5) is 13.2 Å². The maximum Gasteiger partial charge on any atom is 0.389 e. The van der Waals surface area contributed by atoms with Gasteiger partial charge in [-0.15, -0.1) is 0 Å². The molecule has 118 valence electrons. The molecular formula is C15H27F3N2. The molecule has 1 atom stereocenters. The monoisotopic (exact) mass is 292 g/mol. The zero-order valence-corrected chi connectivity index (χ0v) is 12.6. The summed E-state index contributed by atoms with van der Waals surface area (Å²) in [4.78, 5) is 2.35. The first kappa shape index (κ1) is 16.1. The van der Waals surface area contributed by atoms with Crippen LogP contribution >= 0.6 is 0 Å². The first-order valence-electron chi connectivity index (χ1n) is 7.95. The van der Waals surface area contributed by atoms with Gasteiger partial charge in [0.15, 0.2) is 0 Å². The largest absolute Gasteiger partial charge is 0.389 e. The molecule has 1 saturated heterocycles. The molecule has 0 radical (unpaired) electrons. The maximum absolute atomic E-state index is 12.4. The standard InChI is InChI=1S/C15H27F3N2/c1-3-14(4-2)11-19-13(12-6-7-12)10-20(14)9-5-8-15(16,17)18/h12-13,19H,3-11H2,1-2H3. The molecule has 2 rings (SSSR count). The Hall–Kier alpha value is -0.290. The van der Waals surface area contributed by atoms with Gasteiger partial charge < -0.3 is 5.32 Å². The van der Waals surface area contributed by atoms with Crippen LogP contribution in [0.2, 0.25) is 0 Å². The zero-order chi connectivity index (χ0) is 14.8. The van der Waals surface area contributed by atoms with Crippen LogP contribution in [0.5, 0.6) is 0 Å². The smallest absolute Gasteiger partial charge is 0.311 e. The van der Waals surface area contributed by atoms with Crippen LogP contribution in [0, 0.1) is 5.92 Å². The highest BCUT2D eigenvalue weighted by Crippen LogP contribution is 2.37. The lowest BCUT2D eigenvalue weighted by Gasteiger charge is -2.50. The molecule has 2 nitrogen and oxygen atoms in total. The van der Waals surface area contributed by atoms with E-state index in [1.165, 1.54) is 12.8 Å². The van der Waals surface area contributed by atoms with Gasteiger partial charge in [-0.25, -0.2) is 0 Å². The Kier molecular flexibility index (Phi) is 5.00. The van der Waals surface area contributed by atoms with Gasteiger partial charge in [0.25, 0.3) is 0 Å². The third-order valence-electron chi connectivity index (χ3n) is 5.18. The highest BCUT2D eigenvalue weighted by molar-refractivity contribution is 5.01. The van der Waals surface area contributed by atoms with Crippen LogP contribution in [0.1, 0.15) is 52.4 Å². The second kappa shape index (κ2) is 6.22. The predicted molar refractivity (Wildman–Crippen MR) is 74.7 cm³/mol. The van der Waals surface area contributed by atoms with E-state index in [2.05, 4.69) is 24.1 Å². The summed E-state index contributed by atoms with van der Waals surface area (Å²) >= 11 is 0. The fourth-order valence-corrected chi connectivity index (χ4v) is 3.49. The van der Waals surface area contributed by atoms with Gasteiger partial charge in [-0.1, -0.05) is 13.8 Å².